The van der Waals surface area contributed by atoms with Crippen molar-refractivity contribution in [1.29, 1.82) is 0 Å². The van der Waals surface area contributed by atoms with E-state index >= 15 is 0 Å². The van der Waals surface area contributed by atoms with Crippen molar-refractivity contribution < 1.29 is 10.2 Å². The molecule has 0 aliphatic heterocycles. The van der Waals surface area contributed by atoms with Crippen LogP contribution in [0.2, 0.25) is 0 Å². The van der Waals surface area contributed by atoms with Crippen molar-refractivity contribution in [2.45, 2.75) is 13.1 Å². The van der Waals surface area contributed by atoms with Crippen molar-refractivity contribution in [1.82, 2.24) is 19.1 Å². The normalized spacial score (nSPS) is 11.3. The lowest BCUT2D eigenvalue weighted by Crippen LogP contribution is -1.97. The Labute approximate surface area is 162 Å². The molecule has 140 valence electrons. The van der Waals surface area contributed by atoms with E-state index < -0.39 is 0 Å². The van der Waals surface area contributed by atoms with Crippen molar-refractivity contribution >= 4 is 12.2 Å². The summed E-state index contributed by atoms with van der Waals surface area (Å²) in [6.07, 6.45) is 14.6. The van der Waals surface area contributed by atoms with Gasteiger partial charge in [-0.15, -0.1) is 0 Å². The van der Waals surface area contributed by atoms with E-state index in [2.05, 4.69) is 9.97 Å². The smallest absolute Gasteiger partial charge is 0.120 e. The molecular weight excluding hydrogens is 352 g/mol. The molecule has 2 aromatic carbocycles. The average molecular weight is 372 g/mol. The zero-order valence-corrected chi connectivity index (χ0v) is 15.2. The number of benzene rings is 2. The largest absolute Gasteiger partial charge is 0.508 e. The van der Waals surface area contributed by atoms with Gasteiger partial charge in [0.25, 0.3) is 0 Å². The van der Waals surface area contributed by atoms with E-state index in [1.54, 1.807) is 37.2 Å². The molecule has 6 heteroatoms. The highest BCUT2D eigenvalue weighted by Gasteiger charge is 2.04. The predicted octanol–water partition coefficient (Wildman–Crippen LogP) is 3.76. The van der Waals surface area contributed by atoms with Gasteiger partial charge in [-0.05, 0) is 35.4 Å². The number of hydrogen-bond donors (Lipinski definition) is 2. The lowest BCUT2D eigenvalue weighted by molar-refractivity contribution is 0.465. The number of hydrogen-bond acceptors (Lipinski definition) is 4. The summed E-state index contributed by atoms with van der Waals surface area (Å²) in [6.45, 7) is 1.11. The maximum absolute atomic E-state index is 10.1. The SMILES string of the molecule is Oc1ccc(/C=C/c2ccc(O)c(Cn3ccnc3)c2)cc1Cn1ccnc1. The van der Waals surface area contributed by atoms with Crippen LogP contribution in [0.25, 0.3) is 12.2 Å². The van der Waals surface area contributed by atoms with Gasteiger partial charge in [-0.1, -0.05) is 24.3 Å². The fourth-order valence-electron chi connectivity index (χ4n) is 3.02. The number of aromatic nitrogens is 4. The Morgan fingerprint density at radius 1 is 0.714 bits per heavy atom. The topological polar surface area (TPSA) is 76.1 Å². The molecule has 2 N–H and O–H groups in total. The molecule has 0 radical (unpaired) electrons. The molecule has 4 rings (SSSR count). The van der Waals surface area contributed by atoms with Gasteiger partial charge < -0.3 is 19.3 Å². The number of phenolic OH excluding ortho intramolecular Hbond substituents is 2. The molecule has 2 heterocycles. The minimum absolute atomic E-state index is 0.262. The summed E-state index contributed by atoms with van der Waals surface area (Å²) < 4.78 is 3.82. The molecule has 2 aromatic heterocycles. The molecular formula is C22H20N4O2. The van der Waals surface area contributed by atoms with Crippen molar-refractivity contribution in [3.8, 4) is 11.5 Å². The number of phenols is 2. The molecule has 6 nitrogen and oxygen atoms in total. The minimum Gasteiger partial charge on any atom is -0.508 e. The van der Waals surface area contributed by atoms with Crippen molar-refractivity contribution in [2.75, 3.05) is 0 Å². The Balaban J connectivity index is 1.54. The van der Waals surface area contributed by atoms with Gasteiger partial charge in [0, 0.05) is 35.9 Å². The molecule has 0 fully saturated rings. The summed E-state index contributed by atoms with van der Waals surface area (Å²) in [5.74, 6) is 0.524. The highest BCUT2D eigenvalue weighted by atomic mass is 16.3. The summed E-state index contributed by atoms with van der Waals surface area (Å²) >= 11 is 0. The molecule has 0 bridgehead atoms. The van der Waals surface area contributed by atoms with E-state index in [-0.39, 0.29) is 11.5 Å². The van der Waals surface area contributed by atoms with Crippen LogP contribution in [0.4, 0.5) is 0 Å². The minimum atomic E-state index is 0.262. The Morgan fingerprint density at radius 3 is 1.57 bits per heavy atom. The molecule has 0 atom stereocenters. The van der Waals surface area contributed by atoms with Crippen LogP contribution >= 0.6 is 0 Å². The molecule has 0 spiro atoms. The average Bonchev–Trinajstić information content (AvgIpc) is 3.39. The molecule has 0 saturated heterocycles. The molecule has 4 aromatic rings. The number of rotatable bonds is 6. The van der Waals surface area contributed by atoms with E-state index in [4.69, 9.17) is 0 Å². The van der Waals surface area contributed by atoms with Crippen LogP contribution in [0.1, 0.15) is 22.3 Å². The van der Waals surface area contributed by atoms with Gasteiger partial charge in [0.15, 0.2) is 0 Å². The lowest BCUT2D eigenvalue weighted by atomic mass is 10.1. The van der Waals surface area contributed by atoms with Gasteiger partial charge in [0.1, 0.15) is 11.5 Å². The van der Waals surface area contributed by atoms with Crippen LogP contribution in [-0.2, 0) is 13.1 Å². The first-order valence-electron chi connectivity index (χ1n) is 8.91. The van der Waals surface area contributed by atoms with E-state index in [1.807, 2.05) is 57.9 Å². The first kappa shape index (κ1) is 17.6. The molecule has 0 saturated carbocycles. The lowest BCUT2D eigenvalue weighted by Gasteiger charge is -2.08. The van der Waals surface area contributed by atoms with Crippen molar-refractivity contribution in [3.05, 3.63) is 96.1 Å². The summed E-state index contributed by atoms with van der Waals surface area (Å²) in [6, 6.07) is 11.1. The molecule has 28 heavy (non-hydrogen) atoms. The Morgan fingerprint density at radius 2 is 1.18 bits per heavy atom. The second kappa shape index (κ2) is 7.84. The number of nitrogens with zero attached hydrogens (tertiary/aromatic N) is 4. The van der Waals surface area contributed by atoms with Crippen molar-refractivity contribution in [2.24, 2.45) is 0 Å². The standard InChI is InChI=1S/C22H20N4O2/c27-21-5-3-17(11-19(21)13-25-9-7-23-15-25)1-2-18-4-6-22(28)20(12-18)14-26-10-8-24-16-26/h1-12,15-16,27-28H,13-14H2/b2-1+. The third kappa shape index (κ3) is 4.12. The number of imidazole rings is 2. The van der Waals surface area contributed by atoms with Crippen LogP contribution in [0.5, 0.6) is 11.5 Å². The fraction of sp³-hybridized carbons (Fsp3) is 0.0909. The molecule has 0 amide bonds. The fourth-order valence-corrected chi connectivity index (χ4v) is 3.02. The second-order valence-corrected chi connectivity index (χ2v) is 6.58. The van der Waals surface area contributed by atoms with Gasteiger partial charge in [0.2, 0.25) is 0 Å². The quantitative estimate of drug-likeness (QED) is 0.505. The van der Waals surface area contributed by atoms with Crippen LogP contribution in [-0.4, -0.2) is 29.3 Å². The van der Waals surface area contributed by atoms with Gasteiger partial charge in [0.05, 0.1) is 25.7 Å². The number of aromatic hydroxyl groups is 2. The van der Waals surface area contributed by atoms with Crippen molar-refractivity contribution in [3.63, 3.8) is 0 Å². The molecule has 0 unspecified atom stereocenters. The van der Waals surface area contributed by atoms with E-state index in [9.17, 15) is 10.2 Å². The Kier molecular flexibility index (Phi) is 4.93. The highest BCUT2D eigenvalue weighted by Crippen LogP contribution is 2.23. The summed E-state index contributed by atoms with van der Waals surface area (Å²) in [4.78, 5) is 8.06. The van der Waals surface area contributed by atoms with Gasteiger partial charge >= 0.3 is 0 Å². The van der Waals surface area contributed by atoms with E-state index in [0.717, 1.165) is 22.3 Å². The Bertz CT molecular complexity index is 996. The van der Waals surface area contributed by atoms with Gasteiger partial charge in [-0.3, -0.25) is 0 Å². The second-order valence-electron chi connectivity index (χ2n) is 6.58. The summed E-state index contributed by atoms with van der Waals surface area (Å²) in [5.41, 5.74) is 3.62. The predicted molar refractivity (Wildman–Crippen MR) is 108 cm³/mol. The maximum Gasteiger partial charge on any atom is 0.120 e. The maximum atomic E-state index is 10.1. The van der Waals surface area contributed by atoms with Crippen LogP contribution in [0.3, 0.4) is 0 Å². The van der Waals surface area contributed by atoms with E-state index in [1.165, 1.54) is 0 Å². The third-order valence-electron chi connectivity index (χ3n) is 4.50. The molecule has 0 aliphatic carbocycles. The highest BCUT2D eigenvalue weighted by molar-refractivity contribution is 5.71. The summed E-state index contributed by atoms with van der Waals surface area (Å²) in [5, 5.41) is 20.2. The van der Waals surface area contributed by atoms with Crippen LogP contribution in [0.15, 0.2) is 73.8 Å². The third-order valence-corrected chi connectivity index (χ3v) is 4.50. The van der Waals surface area contributed by atoms with Crippen LogP contribution in [0, 0.1) is 0 Å². The zero-order valence-electron chi connectivity index (χ0n) is 15.2. The monoisotopic (exact) mass is 372 g/mol. The Hall–Kier alpha value is -3.80. The van der Waals surface area contributed by atoms with Gasteiger partial charge in [-0.2, -0.15) is 0 Å². The molecule has 0 aliphatic rings. The van der Waals surface area contributed by atoms with Gasteiger partial charge in [-0.25, -0.2) is 9.97 Å². The first-order valence-corrected chi connectivity index (χ1v) is 8.91. The van der Waals surface area contributed by atoms with Crippen LogP contribution < -0.4 is 0 Å². The first-order chi connectivity index (χ1) is 13.7. The summed E-state index contributed by atoms with van der Waals surface area (Å²) in [7, 11) is 0. The zero-order chi connectivity index (χ0) is 19.3. The van der Waals surface area contributed by atoms with E-state index in [0.29, 0.717) is 13.1 Å².